The SMILES string of the molecule is CCOC(=O)C(C)[C@@H]1OC[C@H]2OC(C)(C)O[C@H]21. The molecule has 0 bridgehead atoms. The molecule has 2 rings (SSSR count). The molecule has 2 aliphatic rings. The molecular formula is C12H20O5. The lowest BCUT2D eigenvalue weighted by Gasteiger charge is -2.24. The van der Waals surface area contributed by atoms with E-state index in [4.69, 9.17) is 18.9 Å². The highest BCUT2D eigenvalue weighted by molar-refractivity contribution is 5.72. The lowest BCUT2D eigenvalue weighted by Crippen LogP contribution is -2.38. The summed E-state index contributed by atoms with van der Waals surface area (Å²) in [6.45, 7) is 8.20. The second-order valence-corrected chi connectivity index (χ2v) is 4.98. The van der Waals surface area contributed by atoms with Crippen LogP contribution >= 0.6 is 0 Å². The van der Waals surface area contributed by atoms with E-state index in [0.717, 1.165) is 0 Å². The Kier molecular flexibility index (Phi) is 3.43. The molecule has 5 heteroatoms. The van der Waals surface area contributed by atoms with Gasteiger partial charge in [-0.2, -0.15) is 0 Å². The monoisotopic (exact) mass is 244 g/mol. The zero-order valence-corrected chi connectivity index (χ0v) is 10.8. The highest BCUT2D eigenvalue weighted by Gasteiger charge is 2.52. The first kappa shape index (κ1) is 12.8. The molecule has 0 spiro atoms. The lowest BCUT2D eigenvalue weighted by molar-refractivity contribution is -0.184. The minimum Gasteiger partial charge on any atom is -0.466 e. The molecule has 2 fully saturated rings. The summed E-state index contributed by atoms with van der Waals surface area (Å²) in [7, 11) is 0. The van der Waals surface area contributed by atoms with Crippen LogP contribution in [0.3, 0.4) is 0 Å². The van der Waals surface area contributed by atoms with Crippen LogP contribution in [0.15, 0.2) is 0 Å². The van der Waals surface area contributed by atoms with Gasteiger partial charge in [0.25, 0.3) is 0 Å². The van der Waals surface area contributed by atoms with Crippen molar-refractivity contribution in [3.8, 4) is 0 Å². The Hall–Kier alpha value is -0.650. The van der Waals surface area contributed by atoms with Gasteiger partial charge in [0.05, 0.1) is 25.2 Å². The third kappa shape index (κ3) is 2.46. The molecule has 0 aromatic carbocycles. The number of hydrogen-bond donors (Lipinski definition) is 0. The molecule has 0 N–H and O–H groups in total. The van der Waals surface area contributed by atoms with Crippen molar-refractivity contribution in [2.24, 2.45) is 5.92 Å². The van der Waals surface area contributed by atoms with E-state index in [9.17, 15) is 4.79 Å². The van der Waals surface area contributed by atoms with Crippen LogP contribution in [0.4, 0.5) is 0 Å². The Bertz CT molecular complexity index is 301. The maximum atomic E-state index is 11.7. The van der Waals surface area contributed by atoms with Gasteiger partial charge in [-0.25, -0.2) is 0 Å². The van der Waals surface area contributed by atoms with Crippen LogP contribution in [0, 0.1) is 5.92 Å². The van der Waals surface area contributed by atoms with Crippen molar-refractivity contribution < 1.29 is 23.7 Å². The fourth-order valence-corrected chi connectivity index (χ4v) is 2.41. The third-order valence-electron chi connectivity index (χ3n) is 3.15. The van der Waals surface area contributed by atoms with Gasteiger partial charge in [0.15, 0.2) is 5.79 Å². The minimum absolute atomic E-state index is 0.0770. The average molecular weight is 244 g/mol. The molecule has 0 aliphatic carbocycles. The lowest BCUT2D eigenvalue weighted by atomic mass is 9.99. The molecule has 0 radical (unpaired) electrons. The van der Waals surface area contributed by atoms with Crippen molar-refractivity contribution in [3.63, 3.8) is 0 Å². The van der Waals surface area contributed by atoms with Crippen molar-refractivity contribution in [2.45, 2.75) is 51.8 Å². The van der Waals surface area contributed by atoms with Gasteiger partial charge in [-0.05, 0) is 27.7 Å². The van der Waals surface area contributed by atoms with Gasteiger partial charge >= 0.3 is 5.97 Å². The van der Waals surface area contributed by atoms with Crippen LogP contribution in [0.5, 0.6) is 0 Å². The van der Waals surface area contributed by atoms with Crippen LogP contribution in [0.25, 0.3) is 0 Å². The zero-order valence-electron chi connectivity index (χ0n) is 10.8. The van der Waals surface area contributed by atoms with Gasteiger partial charge in [-0.1, -0.05) is 0 Å². The molecule has 2 saturated heterocycles. The van der Waals surface area contributed by atoms with E-state index in [-0.39, 0.29) is 30.2 Å². The van der Waals surface area contributed by atoms with Crippen molar-refractivity contribution in [2.75, 3.05) is 13.2 Å². The molecule has 5 nitrogen and oxygen atoms in total. The van der Waals surface area contributed by atoms with Crippen LogP contribution < -0.4 is 0 Å². The average Bonchev–Trinajstić information content (AvgIpc) is 2.72. The Balaban J connectivity index is 2.01. The number of carbonyl (C=O) groups is 1. The normalized spacial score (nSPS) is 36.6. The molecule has 98 valence electrons. The Morgan fingerprint density at radius 1 is 1.47 bits per heavy atom. The van der Waals surface area contributed by atoms with Gasteiger partial charge < -0.3 is 18.9 Å². The number of ether oxygens (including phenoxy) is 4. The molecule has 2 heterocycles. The zero-order chi connectivity index (χ0) is 12.6. The summed E-state index contributed by atoms with van der Waals surface area (Å²) in [6.07, 6.45) is -0.530. The molecule has 2 aliphatic heterocycles. The number of fused-ring (bicyclic) bond motifs is 1. The van der Waals surface area contributed by atoms with Crippen LogP contribution in [-0.2, 0) is 23.7 Å². The van der Waals surface area contributed by atoms with Gasteiger partial charge in [0.2, 0.25) is 0 Å². The number of rotatable bonds is 3. The standard InChI is InChI=1S/C12H20O5/c1-5-14-11(13)7(2)9-10-8(6-15-9)16-12(3,4)17-10/h7-10H,5-6H2,1-4H3/t7?,8-,9+,10-/m1/s1. The first-order valence-corrected chi connectivity index (χ1v) is 6.08. The summed E-state index contributed by atoms with van der Waals surface area (Å²) < 4.78 is 22.1. The van der Waals surface area contributed by atoms with E-state index in [1.165, 1.54) is 0 Å². The summed E-state index contributed by atoms with van der Waals surface area (Å²) >= 11 is 0. The molecule has 0 amide bonds. The van der Waals surface area contributed by atoms with Crippen molar-refractivity contribution in [1.82, 2.24) is 0 Å². The Labute approximate surface area is 101 Å². The fraction of sp³-hybridized carbons (Fsp3) is 0.917. The van der Waals surface area contributed by atoms with Gasteiger partial charge in [0.1, 0.15) is 12.2 Å². The highest BCUT2D eigenvalue weighted by atomic mass is 16.8. The van der Waals surface area contributed by atoms with E-state index in [1.807, 2.05) is 13.8 Å². The van der Waals surface area contributed by atoms with Gasteiger partial charge in [0, 0.05) is 0 Å². The Morgan fingerprint density at radius 2 is 2.18 bits per heavy atom. The van der Waals surface area contributed by atoms with Gasteiger partial charge in [-0.3, -0.25) is 4.79 Å². The van der Waals surface area contributed by atoms with Crippen LogP contribution in [-0.4, -0.2) is 43.3 Å². The van der Waals surface area contributed by atoms with E-state index in [0.29, 0.717) is 13.2 Å². The minimum atomic E-state index is -0.592. The second-order valence-electron chi connectivity index (χ2n) is 4.98. The summed E-state index contributed by atoms with van der Waals surface area (Å²) in [5, 5.41) is 0. The molecule has 0 aromatic heterocycles. The van der Waals surface area contributed by atoms with E-state index >= 15 is 0 Å². The maximum absolute atomic E-state index is 11.7. The van der Waals surface area contributed by atoms with Crippen LogP contribution in [0.1, 0.15) is 27.7 Å². The Morgan fingerprint density at radius 3 is 2.82 bits per heavy atom. The molecule has 0 saturated carbocycles. The number of hydrogen-bond acceptors (Lipinski definition) is 5. The van der Waals surface area contributed by atoms with E-state index in [2.05, 4.69) is 0 Å². The molecule has 0 aromatic rings. The first-order valence-electron chi connectivity index (χ1n) is 6.08. The largest absolute Gasteiger partial charge is 0.466 e. The first-order chi connectivity index (χ1) is 7.94. The summed E-state index contributed by atoms with van der Waals surface area (Å²) in [4.78, 5) is 11.7. The molecule has 17 heavy (non-hydrogen) atoms. The topological polar surface area (TPSA) is 54.0 Å². The van der Waals surface area contributed by atoms with E-state index < -0.39 is 5.79 Å². The van der Waals surface area contributed by atoms with E-state index in [1.54, 1.807) is 13.8 Å². The number of esters is 1. The van der Waals surface area contributed by atoms with Crippen molar-refractivity contribution >= 4 is 5.97 Å². The third-order valence-corrected chi connectivity index (χ3v) is 3.15. The molecule has 1 unspecified atom stereocenters. The predicted octanol–water partition coefficient (Wildman–Crippen LogP) is 1.10. The quantitative estimate of drug-likeness (QED) is 0.696. The predicted molar refractivity (Wildman–Crippen MR) is 59.4 cm³/mol. The second kappa shape index (κ2) is 4.55. The summed E-state index contributed by atoms with van der Waals surface area (Å²) in [6, 6.07) is 0. The summed E-state index contributed by atoms with van der Waals surface area (Å²) in [5.74, 6) is -1.17. The smallest absolute Gasteiger partial charge is 0.311 e. The van der Waals surface area contributed by atoms with Crippen molar-refractivity contribution in [1.29, 1.82) is 0 Å². The maximum Gasteiger partial charge on any atom is 0.311 e. The fourth-order valence-electron chi connectivity index (χ4n) is 2.41. The molecular weight excluding hydrogens is 224 g/mol. The van der Waals surface area contributed by atoms with Gasteiger partial charge in [-0.15, -0.1) is 0 Å². The highest BCUT2D eigenvalue weighted by Crippen LogP contribution is 2.37. The molecule has 4 atom stereocenters. The summed E-state index contributed by atoms with van der Waals surface area (Å²) in [5.41, 5.74) is 0. The van der Waals surface area contributed by atoms with Crippen molar-refractivity contribution in [3.05, 3.63) is 0 Å². The van der Waals surface area contributed by atoms with Crippen LogP contribution in [0.2, 0.25) is 0 Å². The number of carbonyl (C=O) groups excluding carboxylic acids is 1.